The van der Waals surface area contributed by atoms with Crippen LogP contribution in [-0.2, 0) is 11.2 Å². The van der Waals surface area contributed by atoms with Gasteiger partial charge in [0, 0.05) is 31.5 Å². The second kappa shape index (κ2) is 18.9. The molecule has 0 fully saturated rings. The summed E-state index contributed by atoms with van der Waals surface area (Å²) in [4.78, 5) is 23.6. The molecule has 0 bridgehead atoms. The summed E-state index contributed by atoms with van der Waals surface area (Å²) in [5.74, 6) is 0.0361. The summed E-state index contributed by atoms with van der Waals surface area (Å²) < 4.78 is 10.9. The minimum atomic E-state index is -0.494. The van der Waals surface area contributed by atoms with E-state index in [0.29, 0.717) is 12.2 Å². The lowest BCUT2D eigenvalue weighted by atomic mass is 10.0. The predicted molar refractivity (Wildman–Crippen MR) is 153 cm³/mol. The first-order valence-corrected chi connectivity index (χ1v) is 15.0. The van der Waals surface area contributed by atoms with Gasteiger partial charge >= 0.3 is 5.97 Å². The minimum Gasteiger partial charge on any atom is -0.507 e. The molecule has 0 aliphatic heterocycles. The van der Waals surface area contributed by atoms with E-state index < -0.39 is 5.97 Å². The summed E-state index contributed by atoms with van der Waals surface area (Å²) in [5.41, 5.74) is -0.0301. The lowest BCUT2D eigenvalue weighted by molar-refractivity contribution is -0.131. The highest BCUT2D eigenvalue weighted by molar-refractivity contribution is 5.85. The van der Waals surface area contributed by atoms with E-state index in [2.05, 4.69) is 6.92 Å². The number of aryl methyl sites for hydroxylation is 1. The molecule has 1 aromatic carbocycles. The fourth-order valence-electron chi connectivity index (χ4n) is 5.02. The van der Waals surface area contributed by atoms with Crippen LogP contribution in [0.2, 0.25) is 0 Å². The second-order valence-electron chi connectivity index (χ2n) is 10.6. The van der Waals surface area contributed by atoms with Crippen molar-refractivity contribution in [3.8, 4) is 11.5 Å². The molecule has 2 rings (SSSR count). The molecule has 1 heterocycles. The monoisotopic (exact) mass is 514 g/mol. The number of carbonyl (C=O) groups excluding carboxylic acids is 1. The number of aromatic hydroxyl groups is 1. The zero-order valence-electron chi connectivity index (χ0n) is 23.5. The largest absolute Gasteiger partial charge is 0.507 e. The van der Waals surface area contributed by atoms with Crippen molar-refractivity contribution < 1.29 is 19.1 Å². The van der Waals surface area contributed by atoms with Gasteiger partial charge in [-0.15, -0.1) is 0 Å². The molecule has 0 atom stereocenters. The van der Waals surface area contributed by atoms with Gasteiger partial charge in [-0.05, 0) is 6.42 Å². The third-order valence-electron chi connectivity index (χ3n) is 7.12. The SMILES string of the molecule is CCCCCCCCCCCCCCCCCCCCCc1cc(=O)c2c(O)cc(OC(C)=O)cc2o1. The molecule has 0 radical (unpaired) electrons. The number of carbonyl (C=O) groups is 1. The summed E-state index contributed by atoms with van der Waals surface area (Å²) >= 11 is 0. The highest BCUT2D eigenvalue weighted by Crippen LogP contribution is 2.29. The van der Waals surface area contributed by atoms with Crippen molar-refractivity contribution in [2.24, 2.45) is 0 Å². The number of unbranched alkanes of at least 4 members (excludes halogenated alkanes) is 18. The van der Waals surface area contributed by atoms with Crippen molar-refractivity contribution in [1.82, 2.24) is 0 Å². The van der Waals surface area contributed by atoms with Crippen molar-refractivity contribution in [2.75, 3.05) is 0 Å². The van der Waals surface area contributed by atoms with Gasteiger partial charge in [0.1, 0.15) is 28.2 Å². The van der Waals surface area contributed by atoms with Gasteiger partial charge in [0.25, 0.3) is 0 Å². The quantitative estimate of drug-likeness (QED) is 0.102. The maximum Gasteiger partial charge on any atom is 0.308 e. The topological polar surface area (TPSA) is 76.7 Å². The van der Waals surface area contributed by atoms with Crippen molar-refractivity contribution in [1.29, 1.82) is 0 Å². The number of phenolic OH excluding ortho intramolecular Hbond substituents is 1. The molecule has 5 heteroatoms. The van der Waals surface area contributed by atoms with Crippen LogP contribution in [0.1, 0.15) is 142 Å². The molecule has 37 heavy (non-hydrogen) atoms. The van der Waals surface area contributed by atoms with E-state index >= 15 is 0 Å². The Kier molecular flexibility index (Phi) is 15.8. The molecule has 0 amide bonds. The van der Waals surface area contributed by atoms with Crippen LogP contribution in [0.3, 0.4) is 0 Å². The van der Waals surface area contributed by atoms with Gasteiger partial charge in [-0.2, -0.15) is 0 Å². The molecular formula is C32H50O5. The Hall–Kier alpha value is -2.30. The highest BCUT2D eigenvalue weighted by atomic mass is 16.5. The fraction of sp³-hybridized carbons (Fsp3) is 0.688. The Morgan fingerprint density at radius 1 is 0.730 bits per heavy atom. The minimum absolute atomic E-state index is 0.118. The third-order valence-corrected chi connectivity index (χ3v) is 7.12. The maximum atomic E-state index is 12.4. The van der Waals surface area contributed by atoms with Crippen LogP contribution in [0.25, 0.3) is 11.0 Å². The molecule has 5 nitrogen and oxygen atoms in total. The van der Waals surface area contributed by atoms with Crippen LogP contribution in [0.5, 0.6) is 11.5 Å². The van der Waals surface area contributed by atoms with E-state index in [9.17, 15) is 14.7 Å². The van der Waals surface area contributed by atoms with Crippen LogP contribution < -0.4 is 10.2 Å². The van der Waals surface area contributed by atoms with Gasteiger partial charge in [-0.1, -0.05) is 122 Å². The van der Waals surface area contributed by atoms with Crippen molar-refractivity contribution >= 4 is 16.9 Å². The second-order valence-corrected chi connectivity index (χ2v) is 10.6. The lowest BCUT2D eigenvalue weighted by Gasteiger charge is -2.07. The first kappa shape index (κ1) is 30.9. The lowest BCUT2D eigenvalue weighted by Crippen LogP contribution is -2.05. The molecule has 1 aromatic heterocycles. The summed E-state index contributed by atoms with van der Waals surface area (Å²) in [6, 6.07) is 4.21. The van der Waals surface area contributed by atoms with Crippen LogP contribution in [0, 0.1) is 0 Å². The molecule has 1 N–H and O–H groups in total. The first-order chi connectivity index (χ1) is 18.0. The van der Waals surface area contributed by atoms with E-state index in [1.54, 1.807) is 0 Å². The average molecular weight is 515 g/mol. The molecule has 2 aromatic rings. The molecule has 208 valence electrons. The molecule has 0 saturated carbocycles. The zero-order valence-corrected chi connectivity index (χ0v) is 23.5. The number of hydrogen-bond donors (Lipinski definition) is 1. The normalized spacial score (nSPS) is 11.3. The molecule has 0 aliphatic rings. The van der Waals surface area contributed by atoms with Gasteiger partial charge in [0.2, 0.25) is 0 Å². The number of rotatable bonds is 21. The molecule has 0 unspecified atom stereocenters. The van der Waals surface area contributed by atoms with Crippen LogP contribution in [0.15, 0.2) is 27.4 Å². The number of esters is 1. The molecule has 0 aliphatic carbocycles. The Bertz CT molecular complexity index is 962. The maximum absolute atomic E-state index is 12.4. The highest BCUT2D eigenvalue weighted by Gasteiger charge is 2.12. The number of benzene rings is 1. The standard InChI is InChI=1S/C32H50O5/c1-3-4-5-6-7-8-9-10-11-12-13-14-15-16-17-18-19-20-21-22-27-23-29(34)32-30(35)24-28(36-26(2)33)25-31(32)37-27/h23-25,35H,3-22H2,1-2H3. The van der Waals surface area contributed by atoms with Gasteiger partial charge in [-0.3, -0.25) is 9.59 Å². The van der Waals surface area contributed by atoms with Crippen LogP contribution >= 0.6 is 0 Å². The number of hydrogen-bond acceptors (Lipinski definition) is 5. The molecule has 0 spiro atoms. The van der Waals surface area contributed by atoms with Crippen LogP contribution in [0.4, 0.5) is 0 Å². The van der Waals surface area contributed by atoms with E-state index in [-0.39, 0.29) is 27.9 Å². The zero-order chi connectivity index (χ0) is 26.7. The van der Waals surface area contributed by atoms with Crippen molar-refractivity contribution in [2.45, 2.75) is 142 Å². The summed E-state index contributed by atoms with van der Waals surface area (Å²) in [7, 11) is 0. The van der Waals surface area contributed by atoms with E-state index in [0.717, 1.165) is 12.8 Å². The fourth-order valence-corrected chi connectivity index (χ4v) is 5.02. The van der Waals surface area contributed by atoms with Crippen LogP contribution in [-0.4, -0.2) is 11.1 Å². The van der Waals surface area contributed by atoms with Gasteiger partial charge in [0.05, 0.1) is 0 Å². The van der Waals surface area contributed by atoms with E-state index in [1.807, 2.05) is 0 Å². The smallest absolute Gasteiger partial charge is 0.308 e. The number of ether oxygens (including phenoxy) is 1. The van der Waals surface area contributed by atoms with E-state index in [4.69, 9.17) is 9.15 Å². The van der Waals surface area contributed by atoms with E-state index in [1.165, 1.54) is 134 Å². The predicted octanol–water partition coefficient (Wildman–Crippen LogP) is 9.40. The third kappa shape index (κ3) is 13.2. The van der Waals surface area contributed by atoms with Gasteiger partial charge < -0.3 is 14.3 Å². The summed E-state index contributed by atoms with van der Waals surface area (Å²) in [6.07, 6.45) is 26.2. The molecular weight excluding hydrogens is 464 g/mol. The van der Waals surface area contributed by atoms with Gasteiger partial charge in [0.15, 0.2) is 5.43 Å². The average Bonchev–Trinajstić information content (AvgIpc) is 2.84. The summed E-state index contributed by atoms with van der Waals surface area (Å²) in [5, 5.41) is 10.2. The van der Waals surface area contributed by atoms with Crippen molar-refractivity contribution in [3.05, 3.63) is 34.2 Å². The number of fused-ring (bicyclic) bond motifs is 1. The Morgan fingerprint density at radius 2 is 1.19 bits per heavy atom. The Balaban J connectivity index is 1.48. The Labute approximate surface area is 224 Å². The van der Waals surface area contributed by atoms with Gasteiger partial charge in [-0.25, -0.2) is 0 Å². The number of phenols is 1. The summed E-state index contributed by atoms with van der Waals surface area (Å²) in [6.45, 7) is 3.56. The Morgan fingerprint density at radius 3 is 1.65 bits per heavy atom. The first-order valence-electron chi connectivity index (χ1n) is 15.0. The molecule has 0 saturated heterocycles. The van der Waals surface area contributed by atoms with Crippen molar-refractivity contribution in [3.63, 3.8) is 0 Å².